The Hall–Kier alpha value is -3.70. The lowest BCUT2D eigenvalue weighted by molar-refractivity contribution is -0.160. The average molecular weight is 702 g/mol. The summed E-state index contributed by atoms with van der Waals surface area (Å²) in [6.45, 7) is 16.9. The molecule has 12 heteroatoms. The summed E-state index contributed by atoms with van der Waals surface area (Å²) in [6, 6.07) is -3.27. The number of nitrogens with zero attached hydrogens (tertiary/aromatic N) is 1. The molecule has 4 unspecified atom stereocenters. The van der Waals surface area contributed by atoms with E-state index in [0.29, 0.717) is 32.2 Å². The molecule has 5 amide bonds. The van der Waals surface area contributed by atoms with Gasteiger partial charge < -0.3 is 30.9 Å². The summed E-state index contributed by atoms with van der Waals surface area (Å²) in [5, 5.41) is 11.0. The zero-order valence-corrected chi connectivity index (χ0v) is 31.5. The van der Waals surface area contributed by atoms with Crippen molar-refractivity contribution in [2.45, 2.75) is 155 Å². The number of allylic oxidation sites excluding steroid dienone is 2. The van der Waals surface area contributed by atoms with E-state index in [0.717, 1.165) is 44.9 Å². The Morgan fingerprint density at radius 1 is 0.940 bits per heavy atom. The highest BCUT2D eigenvalue weighted by Crippen LogP contribution is 2.30. The van der Waals surface area contributed by atoms with Gasteiger partial charge in [0.25, 0.3) is 5.91 Å². The van der Waals surface area contributed by atoms with Crippen LogP contribution < -0.4 is 21.3 Å². The molecule has 0 aromatic rings. The number of ether oxygens (including phenoxy) is 1. The molecule has 2 rings (SSSR count). The molecule has 1 saturated carbocycles. The number of carbonyl (C=O) groups excluding carboxylic acids is 6. The second kappa shape index (κ2) is 20.2. The second-order valence-electron chi connectivity index (χ2n) is 14.9. The van der Waals surface area contributed by atoms with E-state index < -0.39 is 65.4 Å². The van der Waals surface area contributed by atoms with Crippen LogP contribution in [0.15, 0.2) is 24.8 Å². The summed E-state index contributed by atoms with van der Waals surface area (Å²) < 4.78 is 5.68. The SMILES string of the molecule is C=CCCC(NC(=O)C1CCCN1C(=O)C(NC(=O)NC(C)(C)CC)C1CCCCC1)C(=O)C(=O)NCC(=O)OC(C)(C)C(/C=C\C)CCC. The molecular formula is C38H63N5O7. The average Bonchev–Trinajstić information content (AvgIpc) is 3.57. The fourth-order valence-corrected chi connectivity index (χ4v) is 6.75. The Kier molecular flexibility index (Phi) is 17.2. The number of ketones is 1. The molecule has 0 radical (unpaired) electrons. The van der Waals surface area contributed by atoms with Gasteiger partial charge in [-0.2, -0.15) is 0 Å². The summed E-state index contributed by atoms with van der Waals surface area (Å²) in [4.78, 5) is 81.3. The third-order valence-corrected chi connectivity index (χ3v) is 10.1. The van der Waals surface area contributed by atoms with Crippen LogP contribution in [0.3, 0.4) is 0 Å². The maximum absolute atomic E-state index is 14.1. The molecule has 2 aliphatic rings. The van der Waals surface area contributed by atoms with E-state index in [4.69, 9.17) is 4.74 Å². The summed E-state index contributed by atoms with van der Waals surface area (Å²) in [5.74, 6) is -3.54. The molecule has 2 fully saturated rings. The van der Waals surface area contributed by atoms with Crippen molar-refractivity contribution in [2.24, 2.45) is 11.8 Å². The molecule has 0 spiro atoms. The number of rotatable bonds is 19. The number of urea groups is 1. The monoisotopic (exact) mass is 701 g/mol. The number of carbonyl (C=O) groups is 6. The largest absolute Gasteiger partial charge is 0.458 e. The molecular weight excluding hydrogens is 638 g/mol. The number of nitrogens with one attached hydrogen (secondary N) is 4. The van der Waals surface area contributed by atoms with Gasteiger partial charge in [-0.3, -0.25) is 24.0 Å². The topological polar surface area (TPSA) is 163 Å². The van der Waals surface area contributed by atoms with Crippen LogP contribution in [-0.2, 0) is 28.7 Å². The molecule has 12 nitrogen and oxygen atoms in total. The van der Waals surface area contributed by atoms with Gasteiger partial charge in [0.2, 0.25) is 17.6 Å². The van der Waals surface area contributed by atoms with Crippen molar-refractivity contribution in [3.05, 3.63) is 24.8 Å². The van der Waals surface area contributed by atoms with E-state index in [1.54, 1.807) is 6.08 Å². The third kappa shape index (κ3) is 12.9. The van der Waals surface area contributed by atoms with Gasteiger partial charge >= 0.3 is 12.0 Å². The van der Waals surface area contributed by atoms with Gasteiger partial charge in [0.05, 0.1) is 6.04 Å². The first-order valence-electron chi connectivity index (χ1n) is 18.6. The molecule has 50 heavy (non-hydrogen) atoms. The lowest BCUT2D eigenvalue weighted by Gasteiger charge is -2.35. The molecule has 0 aromatic heterocycles. The summed E-state index contributed by atoms with van der Waals surface area (Å²) in [7, 11) is 0. The van der Waals surface area contributed by atoms with Crippen LogP contribution in [0.25, 0.3) is 0 Å². The van der Waals surface area contributed by atoms with Crippen LogP contribution in [-0.4, -0.2) is 82.8 Å². The highest BCUT2D eigenvalue weighted by atomic mass is 16.6. The Morgan fingerprint density at radius 3 is 2.22 bits per heavy atom. The van der Waals surface area contributed by atoms with E-state index in [1.165, 1.54) is 4.90 Å². The van der Waals surface area contributed by atoms with Gasteiger partial charge in [-0.25, -0.2) is 4.79 Å². The smallest absolute Gasteiger partial charge is 0.325 e. The molecule has 1 heterocycles. The predicted molar refractivity (Wildman–Crippen MR) is 194 cm³/mol. The molecule has 0 bridgehead atoms. The Bertz CT molecular complexity index is 1220. The summed E-state index contributed by atoms with van der Waals surface area (Å²) >= 11 is 0. The quantitative estimate of drug-likeness (QED) is 0.0849. The lowest BCUT2D eigenvalue weighted by atomic mass is 9.83. The van der Waals surface area contributed by atoms with Gasteiger partial charge in [-0.15, -0.1) is 6.58 Å². The molecule has 4 atom stereocenters. The second-order valence-corrected chi connectivity index (χ2v) is 14.9. The molecule has 1 aliphatic heterocycles. The number of hydrogen-bond donors (Lipinski definition) is 4. The van der Waals surface area contributed by atoms with Gasteiger partial charge in [0.15, 0.2) is 0 Å². The third-order valence-electron chi connectivity index (χ3n) is 10.1. The lowest BCUT2D eigenvalue weighted by Crippen LogP contribution is -2.60. The maximum atomic E-state index is 14.1. The Morgan fingerprint density at radius 2 is 1.62 bits per heavy atom. The number of esters is 1. The highest BCUT2D eigenvalue weighted by molar-refractivity contribution is 6.38. The minimum absolute atomic E-state index is 0.0154. The van der Waals surface area contributed by atoms with Crippen molar-refractivity contribution in [1.82, 2.24) is 26.2 Å². The van der Waals surface area contributed by atoms with Crippen molar-refractivity contribution in [3.8, 4) is 0 Å². The molecule has 1 saturated heterocycles. The highest BCUT2D eigenvalue weighted by Gasteiger charge is 2.42. The predicted octanol–water partition coefficient (Wildman–Crippen LogP) is 4.86. The van der Waals surface area contributed by atoms with Crippen LogP contribution in [0, 0.1) is 11.8 Å². The number of Topliss-reactive ketones (excluding diaryl/α,β-unsaturated/α-hetero) is 1. The van der Waals surface area contributed by atoms with E-state index in [9.17, 15) is 28.8 Å². The zero-order valence-electron chi connectivity index (χ0n) is 31.5. The molecule has 1 aliphatic carbocycles. The van der Waals surface area contributed by atoms with E-state index >= 15 is 0 Å². The zero-order chi connectivity index (χ0) is 37.5. The summed E-state index contributed by atoms with van der Waals surface area (Å²) in [5.41, 5.74) is -1.28. The minimum atomic E-state index is -1.19. The molecule has 282 valence electrons. The van der Waals surface area contributed by atoms with Crippen molar-refractivity contribution >= 4 is 35.5 Å². The van der Waals surface area contributed by atoms with Gasteiger partial charge in [0.1, 0.15) is 24.2 Å². The molecule has 0 aromatic carbocycles. The van der Waals surface area contributed by atoms with Crippen LogP contribution in [0.4, 0.5) is 4.79 Å². The van der Waals surface area contributed by atoms with Crippen molar-refractivity contribution in [1.29, 1.82) is 0 Å². The Balaban J connectivity index is 2.13. The van der Waals surface area contributed by atoms with Crippen LogP contribution >= 0.6 is 0 Å². The van der Waals surface area contributed by atoms with Crippen LogP contribution in [0.1, 0.15) is 126 Å². The Labute approximate surface area is 299 Å². The summed E-state index contributed by atoms with van der Waals surface area (Å²) in [6.07, 6.45) is 13.9. The van der Waals surface area contributed by atoms with E-state index in [2.05, 4.69) is 27.8 Å². The van der Waals surface area contributed by atoms with E-state index in [1.807, 2.05) is 60.6 Å². The van der Waals surface area contributed by atoms with Crippen LogP contribution in [0.2, 0.25) is 0 Å². The fraction of sp³-hybridized carbons (Fsp3) is 0.737. The first-order chi connectivity index (χ1) is 23.6. The van der Waals surface area contributed by atoms with Crippen molar-refractivity contribution in [3.63, 3.8) is 0 Å². The molecule has 4 N–H and O–H groups in total. The normalized spacial score (nSPS) is 18.9. The number of amides is 5. The van der Waals surface area contributed by atoms with Gasteiger partial charge in [-0.1, -0.05) is 57.8 Å². The van der Waals surface area contributed by atoms with Crippen molar-refractivity contribution in [2.75, 3.05) is 13.1 Å². The van der Waals surface area contributed by atoms with Crippen LogP contribution in [0.5, 0.6) is 0 Å². The number of hydrogen-bond acceptors (Lipinski definition) is 7. The van der Waals surface area contributed by atoms with E-state index in [-0.39, 0.29) is 24.2 Å². The maximum Gasteiger partial charge on any atom is 0.325 e. The first kappa shape index (κ1) is 42.5. The standard InChI is InChI=1S/C38H63N5O7/c1-9-13-22-28(32(45)34(47)39-25-30(44)50-38(7,8)27(18-10-2)19-11-3)40-33(46)29-23-17-24-43(29)35(48)31(26-20-15-14-16-21-26)41-36(49)42-37(5,6)12-4/h9-10,18,26-29,31H,1,11-17,19-25H2,2-8H3,(H,39,47)(H,40,46)(H2,41,42,49)/b18-10-. The van der Waals surface area contributed by atoms with Crippen molar-refractivity contribution < 1.29 is 33.5 Å². The number of likely N-dealkylation sites (tertiary alicyclic amines) is 1. The fourth-order valence-electron chi connectivity index (χ4n) is 6.75. The minimum Gasteiger partial charge on any atom is -0.458 e. The van der Waals surface area contributed by atoms with Gasteiger partial charge in [-0.05, 0) is 91.9 Å². The first-order valence-corrected chi connectivity index (χ1v) is 18.6. The van der Waals surface area contributed by atoms with Gasteiger partial charge in [0, 0.05) is 18.0 Å².